The summed E-state index contributed by atoms with van der Waals surface area (Å²) < 4.78 is 2.55. The van der Waals surface area contributed by atoms with E-state index < -0.39 is 0 Å². The molecule has 0 saturated heterocycles. The van der Waals surface area contributed by atoms with Crippen LogP contribution in [0.5, 0.6) is 0 Å². The molecule has 0 nitrogen and oxygen atoms in total. The summed E-state index contributed by atoms with van der Waals surface area (Å²) in [7, 11) is 0. The second kappa shape index (κ2) is 3.81. The summed E-state index contributed by atoms with van der Waals surface area (Å²) in [6.45, 7) is 0. The van der Waals surface area contributed by atoms with E-state index in [4.69, 9.17) is 0 Å². The molecule has 0 bridgehead atoms. The summed E-state index contributed by atoms with van der Waals surface area (Å²) in [5.74, 6) is 0. The first-order valence-electron chi connectivity index (χ1n) is 5.82. The van der Waals surface area contributed by atoms with E-state index in [-0.39, 0.29) is 0 Å². The lowest BCUT2D eigenvalue weighted by molar-refractivity contribution is 1.77. The van der Waals surface area contributed by atoms with Crippen LogP contribution in [-0.2, 0) is 0 Å². The van der Waals surface area contributed by atoms with Gasteiger partial charge in [0.05, 0.1) is 0 Å². The van der Waals surface area contributed by atoms with Crippen LogP contribution in [0, 0.1) is 0 Å². The third kappa shape index (κ3) is 1.36. The van der Waals surface area contributed by atoms with Crippen molar-refractivity contribution in [3.63, 3.8) is 0 Å². The summed E-state index contributed by atoms with van der Waals surface area (Å²) in [5, 5.41) is 8.76. The van der Waals surface area contributed by atoms with Crippen molar-refractivity contribution in [1.82, 2.24) is 0 Å². The minimum Gasteiger partial charge on any atom is -0.143 e. The van der Waals surface area contributed by atoms with Gasteiger partial charge in [-0.05, 0) is 39.1 Å². The minimum atomic E-state index is 1.17. The topological polar surface area (TPSA) is 0 Å². The Bertz CT molecular complexity index is 889. The van der Waals surface area contributed by atoms with Gasteiger partial charge in [0, 0.05) is 14.6 Å². The molecule has 1 heterocycles. The van der Waals surface area contributed by atoms with Gasteiger partial charge in [-0.25, -0.2) is 0 Å². The third-order valence-electron chi connectivity index (χ3n) is 3.41. The molecule has 0 radical (unpaired) electrons. The Labute approximate surface area is 117 Å². The predicted octanol–water partition coefficient (Wildman–Crippen LogP) is 5.97. The largest absolute Gasteiger partial charge is 0.143 e. The molecule has 0 aliphatic carbocycles. The fourth-order valence-corrected chi connectivity index (χ4v) is 4.06. The zero-order valence-electron chi connectivity index (χ0n) is 9.48. The second-order valence-corrected chi connectivity index (χ2v) is 6.17. The van der Waals surface area contributed by atoms with Gasteiger partial charge in [0.25, 0.3) is 0 Å². The standard InChI is InChI=1S/C16H9BrS/c17-15-9-14-12(11-3-1-2-4-13(11)15)6-5-10-7-8-18-16(10)14/h1-9H. The van der Waals surface area contributed by atoms with Crippen molar-refractivity contribution in [3.05, 3.63) is 58.4 Å². The van der Waals surface area contributed by atoms with Crippen molar-refractivity contribution in [1.29, 1.82) is 0 Å². The molecule has 86 valence electrons. The zero-order valence-corrected chi connectivity index (χ0v) is 11.9. The first kappa shape index (κ1) is 10.5. The first-order chi connectivity index (χ1) is 8.84. The van der Waals surface area contributed by atoms with E-state index in [0.29, 0.717) is 0 Å². The summed E-state index contributed by atoms with van der Waals surface area (Å²) in [5.41, 5.74) is 0. The monoisotopic (exact) mass is 312 g/mol. The van der Waals surface area contributed by atoms with Crippen LogP contribution in [0.2, 0.25) is 0 Å². The van der Waals surface area contributed by atoms with Crippen molar-refractivity contribution < 1.29 is 0 Å². The summed E-state index contributed by atoms with van der Waals surface area (Å²) >= 11 is 5.51. The van der Waals surface area contributed by atoms with Crippen LogP contribution in [0.1, 0.15) is 0 Å². The summed E-state index contributed by atoms with van der Waals surface area (Å²) in [6.07, 6.45) is 0. The zero-order chi connectivity index (χ0) is 12.1. The molecule has 18 heavy (non-hydrogen) atoms. The highest BCUT2D eigenvalue weighted by atomic mass is 79.9. The van der Waals surface area contributed by atoms with E-state index in [1.54, 1.807) is 0 Å². The Morgan fingerprint density at radius 2 is 1.56 bits per heavy atom. The van der Waals surface area contributed by atoms with Crippen molar-refractivity contribution in [2.75, 3.05) is 0 Å². The van der Waals surface area contributed by atoms with Gasteiger partial charge in [-0.2, -0.15) is 0 Å². The molecule has 0 amide bonds. The molecule has 0 saturated carbocycles. The molecular formula is C16H9BrS. The molecule has 0 atom stereocenters. The quantitative estimate of drug-likeness (QED) is 0.351. The maximum atomic E-state index is 3.70. The molecule has 4 aromatic rings. The highest BCUT2D eigenvalue weighted by Gasteiger charge is 2.07. The average molecular weight is 313 g/mol. The Kier molecular flexibility index (Phi) is 2.23. The molecule has 0 unspecified atom stereocenters. The number of rotatable bonds is 0. The first-order valence-corrected chi connectivity index (χ1v) is 7.49. The number of hydrogen-bond donors (Lipinski definition) is 0. The van der Waals surface area contributed by atoms with Crippen LogP contribution in [0.3, 0.4) is 0 Å². The van der Waals surface area contributed by atoms with E-state index in [1.807, 2.05) is 11.3 Å². The Morgan fingerprint density at radius 3 is 2.44 bits per heavy atom. The molecule has 4 rings (SSSR count). The molecule has 0 spiro atoms. The highest BCUT2D eigenvalue weighted by molar-refractivity contribution is 9.10. The van der Waals surface area contributed by atoms with Gasteiger partial charge in [0.2, 0.25) is 0 Å². The molecular weight excluding hydrogens is 304 g/mol. The lowest BCUT2D eigenvalue weighted by Gasteiger charge is -2.07. The Hall–Kier alpha value is -1.38. The van der Waals surface area contributed by atoms with E-state index in [1.165, 1.54) is 36.1 Å². The molecule has 0 fully saturated rings. The molecule has 0 N–H and O–H groups in total. The minimum absolute atomic E-state index is 1.17. The smallest absolute Gasteiger partial charge is 0.0421 e. The van der Waals surface area contributed by atoms with E-state index in [0.717, 1.165) is 0 Å². The molecule has 0 aliphatic rings. The van der Waals surface area contributed by atoms with Crippen molar-refractivity contribution >= 4 is 58.9 Å². The number of thiophene rings is 1. The molecule has 0 aliphatic heterocycles. The normalized spacial score (nSPS) is 11.6. The molecule has 2 heteroatoms. The van der Waals surface area contributed by atoms with Crippen LogP contribution in [0.25, 0.3) is 31.6 Å². The van der Waals surface area contributed by atoms with Gasteiger partial charge in [0.15, 0.2) is 0 Å². The van der Waals surface area contributed by atoms with E-state index >= 15 is 0 Å². The maximum absolute atomic E-state index is 3.70. The number of benzene rings is 3. The van der Waals surface area contributed by atoms with Crippen molar-refractivity contribution in [3.8, 4) is 0 Å². The van der Waals surface area contributed by atoms with Crippen LogP contribution in [0.4, 0.5) is 0 Å². The van der Waals surface area contributed by atoms with Gasteiger partial charge in [0.1, 0.15) is 0 Å². The lowest BCUT2D eigenvalue weighted by atomic mass is 10.0. The van der Waals surface area contributed by atoms with Crippen LogP contribution in [0.15, 0.2) is 58.4 Å². The summed E-state index contributed by atoms with van der Waals surface area (Å²) in [4.78, 5) is 0. The van der Waals surface area contributed by atoms with Gasteiger partial charge in [-0.1, -0.05) is 52.3 Å². The van der Waals surface area contributed by atoms with Gasteiger partial charge < -0.3 is 0 Å². The SMILES string of the molecule is Brc1cc2c(ccc3ccsc32)c2ccccc12. The van der Waals surface area contributed by atoms with E-state index in [9.17, 15) is 0 Å². The van der Waals surface area contributed by atoms with Gasteiger partial charge >= 0.3 is 0 Å². The summed E-state index contributed by atoms with van der Waals surface area (Å²) in [6, 6.07) is 17.4. The number of fused-ring (bicyclic) bond motifs is 5. The lowest BCUT2D eigenvalue weighted by Crippen LogP contribution is -1.79. The fourth-order valence-electron chi connectivity index (χ4n) is 2.56. The number of halogens is 1. The molecule has 1 aromatic heterocycles. The Morgan fingerprint density at radius 1 is 0.778 bits per heavy atom. The second-order valence-electron chi connectivity index (χ2n) is 4.40. The van der Waals surface area contributed by atoms with Gasteiger partial charge in [-0.3, -0.25) is 0 Å². The van der Waals surface area contributed by atoms with Crippen LogP contribution < -0.4 is 0 Å². The maximum Gasteiger partial charge on any atom is 0.0421 e. The third-order valence-corrected chi connectivity index (χ3v) is 5.03. The van der Waals surface area contributed by atoms with Crippen molar-refractivity contribution in [2.45, 2.75) is 0 Å². The van der Waals surface area contributed by atoms with Crippen molar-refractivity contribution in [2.24, 2.45) is 0 Å². The van der Waals surface area contributed by atoms with Crippen LogP contribution >= 0.6 is 27.3 Å². The fraction of sp³-hybridized carbons (Fsp3) is 0. The molecule has 3 aromatic carbocycles. The Balaban J connectivity index is 2.36. The number of hydrogen-bond acceptors (Lipinski definition) is 1. The van der Waals surface area contributed by atoms with E-state index in [2.05, 4.69) is 69.8 Å². The highest BCUT2D eigenvalue weighted by Crippen LogP contribution is 2.37. The average Bonchev–Trinajstić information content (AvgIpc) is 2.88. The van der Waals surface area contributed by atoms with Crippen LogP contribution in [-0.4, -0.2) is 0 Å². The van der Waals surface area contributed by atoms with Gasteiger partial charge in [-0.15, -0.1) is 11.3 Å². The predicted molar refractivity (Wildman–Crippen MR) is 84.5 cm³/mol.